The van der Waals surface area contributed by atoms with Gasteiger partial charge in [0.05, 0.1) is 17.4 Å². The normalized spacial score (nSPS) is 9.75. The first-order chi connectivity index (χ1) is 5.40. The van der Waals surface area contributed by atoms with Crippen LogP contribution in [0.4, 0.5) is 0 Å². The van der Waals surface area contributed by atoms with Gasteiger partial charge in [-0.15, -0.1) is 24.0 Å². The molecule has 0 fully saturated rings. The number of H-pyrrole nitrogens is 1. The van der Waals surface area contributed by atoms with Gasteiger partial charge in [-0.05, 0) is 17.7 Å². The summed E-state index contributed by atoms with van der Waals surface area (Å²) in [5, 5.41) is 0. The van der Waals surface area contributed by atoms with Crippen molar-refractivity contribution < 1.29 is 0 Å². The van der Waals surface area contributed by atoms with Gasteiger partial charge in [-0.25, -0.2) is 4.98 Å². The third kappa shape index (κ3) is 1.54. The first-order valence-electron chi connectivity index (χ1n) is 3.38. The first kappa shape index (κ1) is 9.36. The minimum Gasteiger partial charge on any atom is -0.345 e. The Balaban J connectivity index is 0.000000720. The number of imidazole rings is 1. The molecular weight excluding hydrogens is 195 g/mol. The SMILES string of the molecule is Cl.ClCc1ccc2[nH]cnc2c1. The standard InChI is InChI=1S/C8H7ClN2.ClH/c9-4-6-1-2-7-8(3-6)11-5-10-7;/h1-3,5H,4H2,(H,10,11);1H. The number of fused-ring (bicyclic) bond motifs is 1. The van der Waals surface area contributed by atoms with Crippen molar-refractivity contribution in [3.63, 3.8) is 0 Å². The Bertz CT molecular complexity index is 370. The third-order valence-electron chi connectivity index (χ3n) is 1.64. The quantitative estimate of drug-likeness (QED) is 0.709. The van der Waals surface area contributed by atoms with E-state index in [0.29, 0.717) is 5.88 Å². The van der Waals surface area contributed by atoms with Gasteiger partial charge in [-0.1, -0.05) is 6.07 Å². The number of aromatic amines is 1. The number of hydrogen-bond donors (Lipinski definition) is 1. The van der Waals surface area contributed by atoms with E-state index >= 15 is 0 Å². The summed E-state index contributed by atoms with van der Waals surface area (Å²) in [6.07, 6.45) is 1.68. The summed E-state index contributed by atoms with van der Waals surface area (Å²) in [6.45, 7) is 0. The molecule has 1 heterocycles. The van der Waals surface area contributed by atoms with Crippen molar-refractivity contribution in [2.24, 2.45) is 0 Å². The smallest absolute Gasteiger partial charge is 0.0931 e. The van der Waals surface area contributed by atoms with E-state index in [2.05, 4.69) is 9.97 Å². The molecule has 0 aliphatic heterocycles. The van der Waals surface area contributed by atoms with Crippen molar-refractivity contribution in [2.75, 3.05) is 0 Å². The zero-order chi connectivity index (χ0) is 7.68. The molecule has 0 saturated carbocycles. The lowest BCUT2D eigenvalue weighted by Crippen LogP contribution is -1.76. The van der Waals surface area contributed by atoms with E-state index < -0.39 is 0 Å². The maximum atomic E-state index is 5.66. The number of aromatic nitrogens is 2. The van der Waals surface area contributed by atoms with E-state index in [1.165, 1.54) is 0 Å². The van der Waals surface area contributed by atoms with Gasteiger partial charge < -0.3 is 4.98 Å². The molecule has 1 aromatic heterocycles. The van der Waals surface area contributed by atoms with Gasteiger partial charge in [0.1, 0.15) is 0 Å². The molecule has 0 aliphatic rings. The summed E-state index contributed by atoms with van der Waals surface area (Å²) in [7, 11) is 0. The summed E-state index contributed by atoms with van der Waals surface area (Å²) >= 11 is 5.66. The highest BCUT2D eigenvalue weighted by atomic mass is 35.5. The number of rotatable bonds is 1. The van der Waals surface area contributed by atoms with Gasteiger partial charge in [0.25, 0.3) is 0 Å². The van der Waals surface area contributed by atoms with Crippen LogP contribution in [0.5, 0.6) is 0 Å². The maximum Gasteiger partial charge on any atom is 0.0931 e. The average molecular weight is 203 g/mol. The predicted octanol–water partition coefficient (Wildman–Crippen LogP) is 2.72. The van der Waals surface area contributed by atoms with Crippen molar-refractivity contribution in [3.05, 3.63) is 30.1 Å². The Morgan fingerprint density at radius 2 is 2.25 bits per heavy atom. The predicted molar refractivity (Wildman–Crippen MR) is 52.9 cm³/mol. The molecule has 2 rings (SSSR count). The number of benzene rings is 1. The van der Waals surface area contributed by atoms with Gasteiger partial charge in [0.15, 0.2) is 0 Å². The molecule has 2 aromatic rings. The minimum absolute atomic E-state index is 0. The van der Waals surface area contributed by atoms with Crippen LogP contribution < -0.4 is 0 Å². The van der Waals surface area contributed by atoms with Gasteiger partial charge in [-0.3, -0.25) is 0 Å². The molecule has 0 radical (unpaired) electrons. The average Bonchev–Trinajstić information content (AvgIpc) is 2.50. The van der Waals surface area contributed by atoms with Crippen LogP contribution in [-0.2, 0) is 5.88 Å². The number of alkyl halides is 1. The third-order valence-corrected chi connectivity index (χ3v) is 1.95. The second-order valence-electron chi connectivity index (χ2n) is 2.39. The van der Waals surface area contributed by atoms with Gasteiger partial charge in [0.2, 0.25) is 0 Å². The second kappa shape index (κ2) is 3.78. The van der Waals surface area contributed by atoms with E-state index in [9.17, 15) is 0 Å². The molecule has 4 heteroatoms. The zero-order valence-electron chi connectivity index (χ0n) is 6.25. The molecule has 64 valence electrons. The van der Waals surface area contributed by atoms with Crippen LogP contribution in [-0.4, -0.2) is 9.97 Å². The lowest BCUT2D eigenvalue weighted by atomic mass is 10.2. The largest absolute Gasteiger partial charge is 0.345 e. The molecule has 0 amide bonds. The maximum absolute atomic E-state index is 5.66. The Labute approximate surface area is 81.4 Å². The van der Waals surface area contributed by atoms with Gasteiger partial charge in [0, 0.05) is 5.88 Å². The van der Waals surface area contributed by atoms with E-state index in [1.807, 2.05) is 18.2 Å². The summed E-state index contributed by atoms with van der Waals surface area (Å²) in [4.78, 5) is 7.13. The molecular formula is C8H8Cl2N2. The zero-order valence-corrected chi connectivity index (χ0v) is 7.82. The van der Waals surface area contributed by atoms with Crippen molar-refractivity contribution in [2.45, 2.75) is 5.88 Å². The summed E-state index contributed by atoms with van der Waals surface area (Å²) < 4.78 is 0. The number of halogens is 2. The summed E-state index contributed by atoms with van der Waals surface area (Å²) in [6, 6.07) is 5.96. The molecule has 0 spiro atoms. The molecule has 1 N–H and O–H groups in total. The fraction of sp³-hybridized carbons (Fsp3) is 0.125. The van der Waals surface area contributed by atoms with Crippen LogP contribution in [0.2, 0.25) is 0 Å². The Kier molecular flexibility index (Phi) is 2.95. The van der Waals surface area contributed by atoms with E-state index in [1.54, 1.807) is 6.33 Å². The molecule has 2 nitrogen and oxygen atoms in total. The second-order valence-corrected chi connectivity index (χ2v) is 2.65. The van der Waals surface area contributed by atoms with Crippen LogP contribution in [0.25, 0.3) is 11.0 Å². The van der Waals surface area contributed by atoms with Crippen LogP contribution in [0, 0.1) is 0 Å². The van der Waals surface area contributed by atoms with Gasteiger partial charge >= 0.3 is 0 Å². The Hall–Kier alpha value is -0.730. The summed E-state index contributed by atoms with van der Waals surface area (Å²) in [5.41, 5.74) is 3.13. The van der Waals surface area contributed by atoms with Crippen LogP contribution in [0.3, 0.4) is 0 Å². The molecule has 12 heavy (non-hydrogen) atoms. The van der Waals surface area contributed by atoms with Crippen molar-refractivity contribution >= 4 is 35.0 Å². The number of hydrogen-bond acceptors (Lipinski definition) is 1. The fourth-order valence-corrected chi connectivity index (χ4v) is 1.23. The summed E-state index contributed by atoms with van der Waals surface area (Å²) in [5.74, 6) is 0.544. The first-order valence-corrected chi connectivity index (χ1v) is 3.91. The molecule has 0 saturated heterocycles. The number of nitrogens with one attached hydrogen (secondary N) is 1. The van der Waals surface area contributed by atoms with Crippen molar-refractivity contribution in [3.8, 4) is 0 Å². The molecule has 0 unspecified atom stereocenters. The van der Waals surface area contributed by atoms with E-state index in [0.717, 1.165) is 16.6 Å². The highest BCUT2D eigenvalue weighted by molar-refractivity contribution is 6.17. The van der Waals surface area contributed by atoms with Crippen molar-refractivity contribution in [1.82, 2.24) is 9.97 Å². The van der Waals surface area contributed by atoms with Crippen LogP contribution in [0.1, 0.15) is 5.56 Å². The lowest BCUT2D eigenvalue weighted by Gasteiger charge is -1.92. The molecule has 0 bridgehead atoms. The highest BCUT2D eigenvalue weighted by Crippen LogP contribution is 2.12. The van der Waals surface area contributed by atoms with Crippen LogP contribution in [0.15, 0.2) is 24.5 Å². The Morgan fingerprint density at radius 1 is 1.42 bits per heavy atom. The molecule has 0 aliphatic carbocycles. The highest BCUT2D eigenvalue weighted by Gasteiger charge is 1.95. The fourth-order valence-electron chi connectivity index (χ4n) is 1.06. The van der Waals surface area contributed by atoms with Crippen molar-refractivity contribution in [1.29, 1.82) is 0 Å². The lowest BCUT2D eigenvalue weighted by molar-refractivity contribution is 1.34. The topological polar surface area (TPSA) is 28.7 Å². The van der Waals surface area contributed by atoms with E-state index in [-0.39, 0.29) is 12.4 Å². The number of nitrogens with zero attached hydrogens (tertiary/aromatic N) is 1. The molecule has 1 aromatic carbocycles. The monoisotopic (exact) mass is 202 g/mol. The molecule has 0 atom stereocenters. The minimum atomic E-state index is 0. The van der Waals surface area contributed by atoms with Crippen LogP contribution >= 0.6 is 24.0 Å². The Morgan fingerprint density at radius 3 is 3.00 bits per heavy atom. The van der Waals surface area contributed by atoms with E-state index in [4.69, 9.17) is 11.6 Å². The van der Waals surface area contributed by atoms with Gasteiger partial charge in [-0.2, -0.15) is 0 Å².